The molecule has 0 fully saturated rings. The van der Waals surface area contributed by atoms with E-state index in [1.165, 1.54) is 22.3 Å². The summed E-state index contributed by atoms with van der Waals surface area (Å²) in [6, 6.07) is 19.5. The predicted molar refractivity (Wildman–Crippen MR) is 153 cm³/mol. The molecule has 1 atom stereocenters. The number of nitrogens with zero attached hydrogens (tertiary/aromatic N) is 2. The molecule has 0 spiro atoms. The van der Waals surface area contributed by atoms with Crippen LogP contribution in [-0.4, -0.2) is 51.0 Å². The predicted octanol–water partition coefficient (Wildman–Crippen LogP) is 4.72. The van der Waals surface area contributed by atoms with Crippen LogP contribution in [0.25, 0.3) is 0 Å². The van der Waals surface area contributed by atoms with E-state index in [-0.39, 0.29) is 49.7 Å². The average Bonchev–Trinajstić information content (AvgIpc) is 2.90. The van der Waals surface area contributed by atoms with Gasteiger partial charge in [0, 0.05) is 43.6 Å². The molecule has 7 nitrogen and oxygen atoms in total. The number of rotatable bonds is 12. The number of sulfonamides is 1. The number of aryl methyl sites for hydroxylation is 1. The third kappa shape index (κ3) is 8.28. The number of anilines is 1. The van der Waals surface area contributed by atoms with Gasteiger partial charge >= 0.3 is 0 Å². The number of nitrogens with one attached hydrogen (secondary N) is 1. The van der Waals surface area contributed by atoms with Gasteiger partial charge in [-0.3, -0.25) is 13.9 Å². The summed E-state index contributed by atoms with van der Waals surface area (Å²) in [5.74, 6) is -1.25. The van der Waals surface area contributed by atoms with Crippen LogP contribution in [0.3, 0.4) is 0 Å². The monoisotopic (exact) mass is 573 g/mol. The van der Waals surface area contributed by atoms with Crippen molar-refractivity contribution >= 4 is 39.1 Å². The van der Waals surface area contributed by atoms with Gasteiger partial charge in [0.25, 0.3) is 0 Å². The van der Waals surface area contributed by atoms with E-state index in [4.69, 9.17) is 11.6 Å². The van der Waals surface area contributed by atoms with Crippen molar-refractivity contribution in [2.24, 2.45) is 0 Å². The molecule has 0 saturated heterocycles. The van der Waals surface area contributed by atoms with Gasteiger partial charge in [0.15, 0.2) is 0 Å². The smallest absolute Gasteiger partial charge is 0.242 e. The Hall–Kier alpha value is -3.43. The van der Waals surface area contributed by atoms with Gasteiger partial charge in [0.05, 0.1) is 11.9 Å². The minimum Gasteiger partial charge on any atom is -0.357 e. The highest BCUT2D eigenvalue weighted by Gasteiger charge is 2.30. The fourth-order valence-electron chi connectivity index (χ4n) is 4.36. The number of benzene rings is 3. The van der Waals surface area contributed by atoms with Crippen LogP contribution in [0.15, 0.2) is 72.8 Å². The lowest BCUT2D eigenvalue weighted by atomic mass is 10.0. The van der Waals surface area contributed by atoms with E-state index in [0.717, 1.165) is 17.4 Å². The van der Waals surface area contributed by atoms with Crippen LogP contribution in [0.5, 0.6) is 0 Å². The summed E-state index contributed by atoms with van der Waals surface area (Å²) in [5, 5.41) is 3.02. The zero-order valence-corrected chi connectivity index (χ0v) is 23.8. The van der Waals surface area contributed by atoms with E-state index in [9.17, 15) is 22.4 Å². The van der Waals surface area contributed by atoms with Crippen molar-refractivity contribution in [2.75, 3.05) is 24.2 Å². The summed E-state index contributed by atoms with van der Waals surface area (Å²) in [4.78, 5) is 28.0. The first-order chi connectivity index (χ1) is 18.5. The summed E-state index contributed by atoms with van der Waals surface area (Å²) in [5.41, 5.74) is 2.28. The molecule has 3 aromatic carbocycles. The minimum absolute atomic E-state index is 0.0304. The van der Waals surface area contributed by atoms with Gasteiger partial charge in [-0.1, -0.05) is 66.2 Å². The first-order valence-corrected chi connectivity index (χ1v) is 14.8. The van der Waals surface area contributed by atoms with Gasteiger partial charge in [-0.05, 0) is 42.7 Å². The van der Waals surface area contributed by atoms with E-state index in [1.807, 2.05) is 30.3 Å². The SMILES string of the molecule is CNC(=O)[C@@H](Cc1ccccc1)N(Cc1ccccc1F)C(=O)CCCN(c1cc(Cl)ccc1C)S(C)(=O)=O. The summed E-state index contributed by atoms with van der Waals surface area (Å²) in [7, 11) is -2.18. The molecule has 39 heavy (non-hydrogen) atoms. The number of amides is 2. The molecule has 0 aliphatic carbocycles. The molecule has 1 N–H and O–H groups in total. The molecule has 208 valence electrons. The molecular weight excluding hydrogens is 541 g/mol. The molecule has 0 aliphatic heterocycles. The summed E-state index contributed by atoms with van der Waals surface area (Å²) in [6.07, 6.45) is 1.46. The number of likely N-dealkylation sites (N-methyl/N-ethyl adjacent to an activating group) is 1. The van der Waals surface area contributed by atoms with E-state index < -0.39 is 21.9 Å². The first-order valence-electron chi connectivity index (χ1n) is 12.5. The Morgan fingerprint density at radius 3 is 2.33 bits per heavy atom. The number of carbonyl (C=O) groups excluding carboxylic acids is 2. The topological polar surface area (TPSA) is 86.8 Å². The Morgan fingerprint density at radius 1 is 1.03 bits per heavy atom. The molecular formula is C29H33ClFN3O4S. The van der Waals surface area contributed by atoms with Crippen LogP contribution in [0.2, 0.25) is 5.02 Å². The summed E-state index contributed by atoms with van der Waals surface area (Å²) < 4.78 is 41.1. The van der Waals surface area contributed by atoms with Crippen molar-refractivity contribution in [3.63, 3.8) is 0 Å². The second-order valence-corrected chi connectivity index (χ2v) is 11.6. The molecule has 0 aromatic heterocycles. The molecule has 0 heterocycles. The van der Waals surface area contributed by atoms with Crippen LogP contribution in [0.1, 0.15) is 29.5 Å². The molecule has 0 radical (unpaired) electrons. The maximum absolute atomic E-state index is 14.6. The zero-order valence-electron chi connectivity index (χ0n) is 22.2. The fourth-order valence-corrected chi connectivity index (χ4v) is 5.55. The zero-order chi connectivity index (χ0) is 28.6. The highest BCUT2D eigenvalue weighted by atomic mass is 35.5. The molecule has 3 aromatic rings. The average molecular weight is 574 g/mol. The second-order valence-electron chi connectivity index (χ2n) is 9.30. The fraction of sp³-hybridized carbons (Fsp3) is 0.310. The van der Waals surface area contributed by atoms with Gasteiger partial charge in [-0.15, -0.1) is 0 Å². The number of hydrogen-bond acceptors (Lipinski definition) is 4. The molecule has 0 bridgehead atoms. The highest BCUT2D eigenvalue weighted by molar-refractivity contribution is 7.92. The van der Waals surface area contributed by atoms with Crippen molar-refractivity contribution < 1.29 is 22.4 Å². The molecule has 0 aliphatic rings. The van der Waals surface area contributed by atoms with Crippen LogP contribution >= 0.6 is 11.6 Å². The lowest BCUT2D eigenvalue weighted by Gasteiger charge is -2.32. The molecule has 0 saturated carbocycles. The minimum atomic E-state index is -3.67. The van der Waals surface area contributed by atoms with Crippen molar-refractivity contribution in [3.05, 3.63) is 100 Å². The Kier molecular flexibility index (Phi) is 10.5. The second kappa shape index (κ2) is 13.6. The van der Waals surface area contributed by atoms with Gasteiger partial charge in [0.2, 0.25) is 21.8 Å². The van der Waals surface area contributed by atoms with Crippen molar-refractivity contribution in [1.82, 2.24) is 10.2 Å². The Balaban J connectivity index is 1.87. The lowest BCUT2D eigenvalue weighted by molar-refractivity contribution is -0.141. The highest BCUT2D eigenvalue weighted by Crippen LogP contribution is 2.27. The lowest BCUT2D eigenvalue weighted by Crippen LogP contribution is -2.50. The molecule has 3 rings (SSSR count). The number of carbonyl (C=O) groups is 2. The van der Waals surface area contributed by atoms with Crippen LogP contribution in [0, 0.1) is 12.7 Å². The van der Waals surface area contributed by atoms with Crippen molar-refractivity contribution in [1.29, 1.82) is 0 Å². The van der Waals surface area contributed by atoms with E-state index in [1.54, 1.807) is 43.3 Å². The summed E-state index contributed by atoms with van der Waals surface area (Å²) in [6.45, 7) is 1.70. The van der Waals surface area contributed by atoms with Gasteiger partial charge in [-0.2, -0.15) is 0 Å². The molecule has 2 amide bonds. The van der Waals surface area contributed by atoms with Gasteiger partial charge in [0.1, 0.15) is 11.9 Å². The van der Waals surface area contributed by atoms with E-state index in [0.29, 0.717) is 10.7 Å². The largest absolute Gasteiger partial charge is 0.357 e. The maximum Gasteiger partial charge on any atom is 0.242 e. The Labute approximate surface area is 234 Å². The quantitative estimate of drug-likeness (QED) is 0.340. The standard InChI is InChI=1S/C29H33ClFN3O4S/c1-21-15-16-24(30)19-26(21)34(39(3,37)38)17-9-14-28(35)33(20-23-12-7-8-13-25(23)31)27(29(36)32-2)18-22-10-5-4-6-11-22/h4-8,10-13,15-16,19,27H,9,14,17-18,20H2,1-3H3,(H,32,36)/t27-/m1/s1. The maximum atomic E-state index is 14.6. The van der Waals surface area contributed by atoms with Crippen LogP contribution < -0.4 is 9.62 Å². The number of hydrogen-bond donors (Lipinski definition) is 1. The number of halogens is 2. The Morgan fingerprint density at radius 2 is 1.69 bits per heavy atom. The van der Waals surface area contributed by atoms with E-state index in [2.05, 4.69) is 5.32 Å². The normalized spacial score (nSPS) is 12.0. The van der Waals surface area contributed by atoms with Crippen molar-refractivity contribution in [3.8, 4) is 0 Å². The van der Waals surface area contributed by atoms with Gasteiger partial charge in [-0.25, -0.2) is 12.8 Å². The van der Waals surface area contributed by atoms with E-state index >= 15 is 0 Å². The van der Waals surface area contributed by atoms with Crippen molar-refractivity contribution in [2.45, 2.75) is 38.8 Å². The molecule has 10 heteroatoms. The van der Waals surface area contributed by atoms with Gasteiger partial charge < -0.3 is 10.2 Å². The molecule has 0 unspecified atom stereocenters. The summed E-state index contributed by atoms with van der Waals surface area (Å²) >= 11 is 6.12. The van der Waals surface area contributed by atoms with Crippen LogP contribution in [-0.2, 0) is 32.6 Å². The third-order valence-corrected chi connectivity index (χ3v) is 7.82. The van der Waals surface area contributed by atoms with Crippen LogP contribution in [0.4, 0.5) is 10.1 Å². The first kappa shape index (κ1) is 30.1. The third-order valence-electron chi connectivity index (χ3n) is 6.41. The Bertz CT molecular complexity index is 1400.